The SMILES string of the molecule is CCOc1ccc([C@@H]2[C@H](N3C(=O)c4c(Cl)c(Cl)c(Cl)c(Cl)c4C3=O)C(=O)N2c2cccc(OC)c2)cc1. The molecule has 0 bridgehead atoms. The fraction of sp³-hybridized carbons (Fsp3) is 0.192. The van der Waals surface area contributed by atoms with Crippen LogP contribution in [-0.4, -0.2) is 42.4 Å². The van der Waals surface area contributed by atoms with Gasteiger partial charge in [0.05, 0.1) is 51.0 Å². The summed E-state index contributed by atoms with van der Waals surface area (Å²) in [4.78, 5) is 43.1. The Labute approximate surface area is 232 Å². The molecule has 2 aliphatic rings. The second kappa shape index (κ2) is 9.72. The standard InChI is InChI=1S/C26H18Cl4N2O5/c1-3-37-14-9-7-12(8-10-14)22-23(26(35)31(22)13-5-4-6-15(11-13)36-2)32-24(33)16-17(25(32)34)19(28)21(30)20(29)18(16)27/h4-11,22-23H,3H2,1-2H3/t22-,23+/m1/s1. The van der Waals surface area contributed by atoms with E-state index in [1.807, 2.05) is 6.92 Å². The number of imide groups is 1. The van der Waals surface area contributed by atoms with Gasteiger partial charge in [0.2, 0.25) is 0 Å². The maximum Gasteiger partial charge on any atom is 0.264 e. The number of amides is 3. The van der Waals surface area contributed by atoms with Crippen LogP contribution in [0.1, 0.15) is 39.2 Å². The Balaban J connectivity index is 1.61. The molecular formula is C26H18Cl4N2O5. The van der Waals surface area contributed by atoms with Gasteiger partial charge in [0.15, 0.2) is 0 Å². The van der Waals surface area contributed by atoms with Crippen LogP contribution in [0.15, 0.2) is 48.5 Å². The van der Waals surface area contributed by atoms with Crippen molar-refractivity contribution in [3.05, 3.63) is 85.3 Å². The van der Waals surface area contributed by atoms with Crippen molar-refractivity contribution in [2.45, 2.75) is 19.0 Å². The van der Waals surface area contributed by atoms with Crippen LogP contribution in [0.2, 0.25) is 20.1 Å². The van der Waals surface area contributed by atoms with Crippen molar-refractivity contribution < 1.29 is 23.9 Å². The van der Waals surface area contributed by atoms with Crippen molar-refractivity contribution in [3.63, 3.8) is 0 Å². The maximum absolute atomic E-state index is 13.6. The molecule has 0 radical (unpaired) electrons. The van der Waals surface area contributed by atoms with Crippen molar-refractivity contribution in [3.8, 4) is 11.5 Å². The number of anilines is 1. The number of benzene rings is 3. The number of fused-ring (bicyclic) bond motifs is 1. The Morgan fingerprint density at radius 1 is 0.757 bits per heavy atom. The van der Waals surface area contributed by atoms with Gasteiger partial charge in [-0.05, 0) is 36.8 Å². The largest absolute Gasteiger partial charge is 0.497 e. The molecule has 3 amide bonds. The van der Waals surface area contributed by atoms with Gasteiger partial charge in [0.25, 0.3) is 17.7 Å². The van der Waals surface area contributed by atoms with E-state index in [-0.39, 0.29) is 31.2 Å². The molecule has 0 saturated carbocycles. The summed E-state index contributed by atoms with van der Waals surface area (Å²) >= 11 is 24.9. The molecule has 3 aromatic rings. The van der Waals surface area contributed by atoms with E-state index in [4.69, 9.17) is 55.9 Å². The lowest BCUT2D eigenvalue weighted by Gasteiger charge is -2.49. The third-order valence-electron chi connectivity index (χ3n) is 6.34. The number of rotatable bonds is 6. The van der Waals surface area contributed by atoms with Crippen molar-refractivity contribution in [1.29, 1.82) is 0 Å². The van der Waals surface area contributed by atoms with Gasteiger partial charge >= 0.3 is 0 Å². The lowest BCUT2D eigenvalue weighted by atomic mass is 9.86. The Morgan fingerprint density at radius 2 is 1.35 bits per heavy atom. The molecule has 0 spiro atoms. The molecule has 11 heteroatoms. The third-order valence-corrected chi connectivity index (χ3v) is 8.14. The average molecular weight is 580 g/mol. The van der Waals surface area contributed by atoms with Gasteiger partial charge in [0, 0.05) is 11.8 Å². The lowest BCUT2D eigenvalue weighted by Crippen LogP contribution is -2.67. The monoisotopic (exact) mass is 578 g/mol. The zero-order valence-corrected chi connectivity index (χ0v) is 22.5. The van der Waals surface area contributed by atoms with Crippen molar-refractivity contribution in [2.75, 3.05) is 18.6 Å². The first-order valence-corrected chi connectivity index (χ1v) is 12.7. The van der Waals surface area contributed by atoms with Crippen molar-refractivity contribution >= 4 is 69.8 Å². The van der Waals surface area contributed by atoms with Crippen LogP contribution in [0.3, 0.4) is 0 Å². The van der Waals surface area contributed by atoms with E-state index >= 15 is 0 Å². The first-order valence-electron chi connectivity index (χ1n) is 11.1. The molecule has 2 heterocycles. The van der Waals surface area contributed by atoms with E-state index in [9.17, 15) is 14.4 Å². The molecule has 0 N–H and O–H groups in total. The van der Waals surface area contributed by atoms with Crippen LogP contribution in [0, 0.1) is 0 Å². The number of methoxy groups -OCH3 is 1. The minimum Gasteiger partial charge on any atom is -0.497 e. The van der Waals surface area contributed by atoms with Crippen LogP contribution >= 0.6 is 46.4 Å². The molecule has 190 valence electrons. The molecule has 0 aliphatic carbocycles. The lowest BCUT2D eigenvalue weighted by molar-refractivity contribution is -0.130. The predicted molar refractivity (Wildman–Crippen MR) is 142 cm³/mol. The molecule has 2 atom stereocenters. The number of hydrogen-bond acceptors (Lipinski definition) is 5. The van der Waals surface area contributed by atoms with E-state index in [1.165, 1.54) is 12.0 Å². The Kier molecular flexibility index (Phi) is 6.75. The van der Waals surface area contributed by atoms with Gasteiger partial charge in [-0.25, -0.2) is 0 Å². The second-order valence-electron chi connectivity index (χ2n) is 8.29. The summed E-state index contributed by atoms with van der Waals surface area (Å²) in [6, 6.07) is 12.2. The Morgan fingerprint density at radius 3 is 1.89 bits per heavy atom. The number of ether oxygens (including phenoxy) is 2. The molecule has 2 aliphatic heterocycles. The Bertz CT molecular complexity index is 1410. The van der Waals surface area contributed by atoms with Crippen LogP contribution in [0.25, 0.3) is 0 Å². The van der Waals surface area contributed by atoms with Crippen LogP contribution in [0.5, 0.6) is 11.5 Å². The van der Waals surface area contributed by atoms with E-state index < -0.39 is 29.8 Å². The van der Waals surface area contributed by atoms with Crippen molar-refractivity contribution in [2.24, 2.45) is 0 Å². The van der Waals surface area contributed by atoms with Crippen LogP contribution < -0.4 is 14.4 Å². The number of nitrogens with zero attached hydrogens (tertiary/aromatic N) is 2. The number of carbonyl (C=O) groups excluding carboxylic acids is 3. The normalized spacial score (nSPS) is 18.7. The summed E-state index contributed by atoms with van der Waals surface area (Å²) in [6.45, 7) is 2.36. The molecule has 0 aromatic heterocycles. The minimum absolute atomic E-state index is 0.143. The predicted octanol–water partition coefficient (Wildman–Crippen LogP) is 6.46. The van der Waals surface area contributed by atoms with Gasteiger partial charge in [-0.15, -0.1) is 0 Å². The second-order valence-corrected chi connectivity index (χ2v) is 9.80. The van der Waals surface area contributed by atoms with E-state index in [2.05, 4.69) is 0 Å². The first-order chi connectivity index (χ1) is 17.7. The van der Waals surface area contributed by atoms with E-state index in [1.54, 1.807) is 48.5 Å². The smallest absolute Gasteiger partial charge is 0.264 e. The van der Waals surface area contributed by atoms with E-state index in [0.29, 0.717) is 29.4 Å². The van der Waals surface area contributed by atoms with Crippen molar-refractivity contribution in [1.82, 2.24) is 4.90 Å². The topological polar surface area (TPSA) is 76.2 Å². The summed E-state index contributed by atoms with van der Waals surface area (Å²) in [7, 11) is 1.52. The first kappa shape index (κ1) is 25.7. The molecule has 37 heavy (non-hydrogen) atoms. The van der Waals surface area contributed by atoms with Crippen LogP contribution in [-0.2, 0) is 4.79 Å². The molecule has 3 aromatic carbocycles. The number of halogens is 4. The average Bonchev–Trinajstić information content (AvgIpc) is 3.15. The Hall–Kier alpha value is -2.97. The van der Waals surface area contributed by atoms with Gasteiger partial charge < -0.3 is 14.4 Å². The highest BCUT2D eigenvalue weighted by Crippen LogP contribution is 2.49. The number of hydrogen-bond donors (Lipinski definition) is 0. The van der Waals surface area contributed by atoms with Gasteiger partial charge in [-0.2, -0.15) is 0 Å². The highest BCUT2D eigenvalue weighted by molar-refractivity contribution is 6.55. The molecule has 1 saturated heterocycles. The molecule has 0 unspecified atom stereocenters. The molecule has 1 fully saturated rings. The fourth-order valence-corrected chi connectivity index (χ4v) is 5.67. The van der Waals surface area contributed by atoms with Crippen LogP contribution in [0.4, 0.5) is 5.69 Å². The summed E-state index contributed by atoms with van der Waals surface area (Å²) in [5, 5.41) is -0.672. The zero-order chi connectivity index (χ0) is 26.6. The summed E-state index contributed by atoms with van der Waals surface area (Å²) < 4.78 is 10.9. The summed E-state index contributed by atoms with van der Waals surface area (Å²) in [6.07, 6.45) is 0. The number of β-lactam (4-membered cyclic amide) rings is 1. The molecule has 5 rings (SSSR count). The molecule has 7 nitrogen and oxygen atoms in total. The number of carbonyl (C=O) groups is 3. The summed E-state index contributed by atoms with van der Waals surface area (Å²) in [5.74, 6) is -0.825. The van der Waals surface area contributed by atoms with Gasteiger partial charge in [-0.1, -0.05) is 64.6 Å². The minimum atomic E-state index is -1.17. The quantitative estimate of drug-likeness (QED) is 0.145. The van der Waals surface area contributed by atoms with E-state index in [0.717, 1.165) is 4.90 Å². The summed E-state index contributed by atoms with van der Waals surface area (Å²) in [5.41, 5.74) is 0.868. The molecular weight excluding hydrogens is 562 g/mol. The zero-order valence-electron chi connectivity index (χ0n) is 19.4. The highest BCUT2D eigenvalue weighted by atomic mass is 35.5. The highest BCUT2D eigenvalue weighted by Gasteiger charge is 2.58. The maximum atomic E-state index is 13.6. The third kappa shape index (κ3) is 3.92. The fourth-order valence-electron chi connectivity index (χ4n) is 4.65. The van der Waals surface area contributed by atoms with Gasteiger partial charge in [0.1, 0.15) is 17.5 Å². The van der Waals surface area contributed by atoms with Gasteiger partial charge in [-0.3, -0.25) is 19.3 Å².